The molecule has 1 amide bonds. The zero-order valence-electron chi connectivity index (χ0n) is 15.9. The first kappa shape index (κ1) is 20.7. The highest BCUT2D eigenvalue weighted by Crippen LogP contribution is 2.26. The molecule has 152 valence electrons. The Kier molecular flexibility index (Phi) is 6.45. The zero-order valence-corrected chi connectivity index (χ0v) is 17.5. The summed E-state index contributed by atoms with van der Waals surface area (Å²) in [6, 6.07) is 16.0. The Bertz CT molecular complexity index is 1080. The number of benzene rings is 2. The Morgan fingerprint density at radius 3 is 2.59 bits per heavy atom. The summed E-state index contributed by atoms with van der Waals surface area (Å²) >= 11 is 1.21. The fraction of sp³-hybridized carbons (Fsp3) is 0.211. The van der Waals surface area contributed by atoms with Gasteiger partial charge in [0.15, 0.2) is 0 Å². The van der Waals surface area contributed by atoms with Crippen molar-refractivity contribution in [3.05, 3.63) is 54.6 Å². The molecule has 0 saturated carbocycles. The third kappa shape index (κ3) is 5.52. The minimum atomic E-state index is -3.69. The molecule has 0 aliphatic heterocycles. The maximum atomic E-state index is 12.5. The normalized spacial score (nSPS) is 11.1. The van der Waals surface area contributed by atoms with E-state index < -0.39 is 22.5 Å². The number of hydrogen-bond donors (Lipinski definition) is 1. The van der Waals surface area contributed by atoms with Gasteiger partial charge in [0.25, 0.3) is 0 Å². The summed E-state index contributed by atoms with van der Waals surface area (Å²) in [4.78, 5) is 12.5. The van der Waals surface area contributed by atoms with Gasteiger partial charge in [0.1, 0.15) is 17.3 Å². The SMILES string of the molecule is CCOc1cccc(N(CC(=O)Nc2nnc(-c3ccccc3)s2)S(C)(=O)=O)c1. The van der Waals surface area contributed by atoms with Gasteiger partial charge in [0.05, 0.1) is 18.6 Å². The van der Waals surface area contributed by atoms with E-state index in [0.717, 1.165) is 16.1 Å². The number of carbonyl (C=O) groups is 1. The van der Waals surface area contributed by atoms with Crippen LogP contribution in [0.1, 0.15) is 6.92 Å². The molecule has 1 aromatic heterocycles. The Hall–Kier alpha value is -2.98. The van der Waals surface area contributed by atoms with Gasteiger partial charge in [0, 0.05) is 11.6 Å². The summed E-state index contributed by atoms with van der Waals surface area (Å²) in [7, 11) is -3.69. The topological polar surface area (TPSA) is 101 Å². The number of rotatable bonds is 8. The van der Waals surface area contributed by atoms with E-state index in [0.29, 0.717) is 28.2 Å². The van der Waals surface area contributed by atoms with E-state index in [2.05, 4.69) is 15.5 Å². The average Bonchev–Trinajstić information content (AvgIpc) is 3.15. The lowest BCUT2D eigenvalue weighted by Gasteiger charge is -2.22. The lowest BCUT2D eigenvalue weighted by Crippen LogP contribution is -2.37. The van der Waals surface area contributed by atoms with Crippen molar-refractivity contribution in [1.82, 2.24) is 10.2 Å². The Labute approximate surface area is 173 Å². The number of aromatic nitrogens is 2. The second kappa shape index (κ2) is 9.01. The first-order chi connectivity index (χ1) is 13.9. The predicted molar refractivity (Wildman–Crippen MR) is 114 cm³/mol. The van der Waals surface area contributed by atoms with Crippen molar-refractivity contribution in [3.8, 4) is 16.3 Å². The molecule has 3 rings (SSSR count). The van der Waals surface area contributed by atoms with E-state index in [1.807, 2.05) is 37.3 Å². The van der Waals surface area contributed by atoms with Crippen molar-refractivity contribution in [2.24, 2.45) is 0 Å². The van der Waals surface area contributed by atoms with Crippen LogP contribution >= 0.6 is 11.3 Å². The monoisotopic (exact) mass is 432 g/mol. The second-order valence-electron chi connectivity index (χ2n) is 6.03. The molecule has 0 radical (unpaired) electrons. The Morgan fingerprint density at radius 2 is 1.90 bits per heavy atom. The second-order valence-corrected chi connectivity index (χ2v) is 8.91. The van der Waals surface area contributed by atoms with Crippen LogP contribution < -0.4 is 14.4 Å². The minimum absolute atomic E-state index is 0.297. The van der Waals surface area contributed by atoms with Crippen molar-refractivity contribution in [1.29, 1.82) is 0 Å². The first-order valence-corrected chi connectivity index (χ1v) is 11.4. The molecule has 0 saturated heterocycles. The quantitative estimate of drug-likeness (QED) is 0.587. The smallest absolute Gasteiger partial charge is 0.246 e. The molecule has 8 nitrogen and oxygen atoms in total. The maximum absolute atomic E-state index is 12.5. The average molecular weight is 433 g/mol. The number of ether oxygens (including phenoxy) is 1. The van der Waals surface area contributed by atoms with Gasteiger partial charge in [-0.2, -0.15) is 0 Å². The summed E-state index contributed by atoms with van der Waals surface area (Å²) < 4.78 is 30.9. The van der Waals surface area contributed by atoms with Crippen LogP contribution in [0.15, 0.2) is 54.6 Å². The molecule has 0 fully saturated rings. The maximum Gasteiger partial charge on any atom is 0.246 e. The molecule has 0 unspecified atom stereocenters. The van der Waals surface area contributed by atoms with Crippen molar-refractivity contribution < 1.29 is 17.9 Å². The standard InChI is InChI=1S/C19H20N4O4S2/c1-3-27-16-11-7-10-15(12-16)23(29(2,25)26)13-17(24)20-19-22-21-18(28-19)14-8-5-4-6-9-14/h4-12H,3,13H2,1-2H3,(H,20,22,24). The van der Waals surface area contributed by atoms with E-state index >= 15 is 0 Å². The highest BCUT2D eigenvalue weighted by atomic mass is 32.2. The molecular formula is C19H20N4O4S2. The molecule has 1 heterocycles. The molecule has 1 N–H and O–H groups in total. The Balaban J connectivity index is 1.75. The van der Waals surface area contributed by atoms with Gasteiger partial charge in [-0.15, -0.1) is 10.2 Å². The van der Waals surface area contributed by atoms with Gasteiger partial charge in [-0.25, -0.2) is 8.42 Å². The summed E-state index contributed by atoms with van der Waals surface area (Å²) in [5.74, 6) is 0.00341. The van der Waals surface area contributed by atoms with Crippen LogP contribution in [0.3, 0.4) is 0 Å². The minimum Gasteiger partial charge on any atom is -0.494 e. The first-order valence-electron chi connectivity index (χ1n) is 8.76. The highest BCUT2D eigenvalue weighted by Gasteiger charge is 2.22. The summed E-state index contributed by atoms with van der Waals surface area (Å²) in [6.45, 7) is 1.89. The zero-order chi connectivity index (χ0) is 20.9. The van der Waals surface area contributed by atoms with E-state index in [1.54, 1.807) is 24.3 Å². The van der Waals surface area contributed by atoms with Gasteiger partial charge in [-0.1, -0.05) is 47.7 Å². The third-order valence-electron chi connectivity index (χ3n) is 3.80. The molecule has 3 aromatic rings. The van der Waals surface area contributed by atoms with Crippen LogP contribution in [0.25, 0.3) is 10.6 Å². The number of nitrogens with one attached hydrogen (secondary N) is 1. The van der Waals surface area contributed by atoms with E-state index in [9.17, 15) is 13.2 Å². The molecule has 0 aliphatic rings. The van der Waals surface area contributed by atoms with Gasteiger partial charge >= 0.3 is 0 Å². The van der Waals surface area contributed by atoms with Crippen LogP contribution in [0.2, 0.25) is 0 Å². The largest absolute Gasteiger partial charge is 0.494 e. The molecule has 0 atom stereocenters. The number of nitrogens with zero attached hydrogens (tertiary/aromatic N) is 3. The molecule has 0 spiro atoms. The lowest BCUT2D eigenvalue weighted by molar-refractivity contribution is -0.114. The van der Waals surface area contributed by atoms with E-state index in [4.69, 9.17) is 4.74 Å². The van der Waals surface area contributed by atoms with Crippen LogP contribution in [-0.2, 0) is 14.8 Å². The van der Waals surface area contributed by atoms with E-state index in [-0.39, 0.29) is 0 Å². The predicted octanol–water partition coefficient (Wildman–Crippen LogP) is 3.01. The van der Waals surface area contributed by atoms with Crippen molar-refractivity contribution in [2.75, 3.05) is 29.0 Å². The third-order valence-corrected chi connectivity index (χ3v) is 5.82. The number of carbonyl (C=O) groups excluding carboxylic acids is 1. The molecule has 0 bridgehead atoms. The van der Waals surface area contributed by atoms with Gasteiger partial charge in [-0.05, 0) is 19.1 Å². The molecule has 0 aliphatic carbocycles. The highest BCUT2D eigenvalue weighted by molar-refractivity contribution is 7.92. The Morgan fingerprint density at radius 1 is 1.14 bits per heavy atom. The van der Waals surface area contributed by atoms with Crippen LogP contribution in [0, 0.1) is 0 Å². The number of sulfonamides is 1. The van der Waals surface area contributed by atoms with E-state index in [1.165, 1.54) is 11.3 Å². The fourth-order valence-electron chi connectivity index (χ4n) is 2.56. The molecular weight excluding hydrogens is 412 g/mol. The number of hydrogen-bond acceptors (Lipinski definition) is 7. The van der Waals surface area contributed by atoms with Gasteiger partial charge in [-0.3, -0.25) is 14.4 Å². The van der Waals surface area contributed by atoms with Crippen LogP contribution in [0.5, 0.6) is 5.75 Å². The van der Waals surface area contributed by atoms with Gasteiger partial charge < -0.3 is 4.74 Å². The van der Waals surface area contributed by atoms with Crippen molar-refractivity contribution in [3.63, 3.8) is 0 Å². The number of anilines is 2. The van der Waals surface area contributed by atoms with Crippen molar-refractivity contribution in [2.45, 2.75) is 6.92 Å². The summed E-state index contributed by atoms with van der Waals surface area (Å²) in [5.41, 5.74) is 1.23. The number of amides is 1. The summed E-state index contributed by atoms with van der Waals surface area (Å²) in [5, 5.41) is 11.6. The molecule has 29 heavy (non-hydrogen) atoms. The molecule has 10 heteroatoms. The van der Waals surface area contributed by atoms with Crippen molar-refractivity contribution >= 4 is 38.1 Å². The molecule has 2 aromatic carbocycles. The van der Waals surface area contributed by atoms with Gasteiger partial charge in [0.2, 0.25) is 21.1 Å². The lowest BCUT2D eigenvalue weighted by atomic mass is 10.2. The fourth-order valence-corrected chi connectivity index (χ4v) is 4.17. The van der Waals surface area contributed by atoms with Crippen LogP contribution in [-0.4, -0.2) is 43.9 Å². The summed E-state index contributed by atoms with van der Waals surface area (Å²) in [6.07, 6.45) is 1.05. The van der Waals surface area contributed by atoms with Crippen LogP contribution in [0.4, 0.5) is 10.8 Å².